The van der Waals surface area contributed by atoms with Crippen molar-refractivity contribution < 1.29 is 9.47 Å². The first kappa shape index (κ1) is 16.6. The molecule has 0 saturated heterocycles. The molecule has 132 valence electrons. The average Bonchev–Trinajstić information content (AvgIpc) is 3.20. The quantitative estimate of drug-likeness (QED) is 0.829. The van der Waals surface area contributed by atoms with E-state index >= 15 is 0 Å². The van der Waals surface area contributed by atoms with Crippen molar-refractivity contribution in [2.24, 2.45) is 0 Å². The summed E-state index contributed by atoms with van der Waals surface area (Å²) >= 11 is 0. The Hall–Kier alpha value is -1.84. The molecule has 2 aliphatic rings. The molecule has 0 aromatic heterocycles. The van der Waals surface area contributed by atoms with Gasteiger partial charge in [-0.15, -0.1) is 0 Å². The maximum absolute atomic E-state index is 5.35. The van der Waals surface area contributed by atoms with Crippen molar-refractivity contribution in [3.63, 3.8) is 0 Å². The highest BCUT2D eigenvalue weighted by molar-refractivity contribution is 5.67. The number of aryl methyl sites for hydroxylation is 3. The second-order valence-corrected chi connectivity index (χ2v) is 7.31. The molecule has 0 bridgehead atoms. The molecule has 2 aromatic rings. The predicted octanol–water partition coefficient (Wildman–Crippen LogP) is 4.20. The number of ether oxygens (including phenoxy) is 2. The first-order valence-corrected chi connectivity index (χ1v) is 9.20. The number of fused-ring (bicyclic) bond motifs is 4. The lowest BCUT2D eigenvalue weighted by Crippen LogP contribution is -2.27. The van der Waals surface area contributed by atoms with Crippen molar-refractivity contribution in [2.45, 2.75) is 44.3 Å². The van der Waals surface area contributed by atoms with Gasteiger partial charge in [0.15, 0.2) is 6.29 Å². The molecule has 1 N–H and O–H groups in total. The van der Waals surface area contributed by atoms with Gasteiger partial charge in [-0.2, -0.15) is 0 Å². The Morgan fingerprint density at radius 1 is 0.960 bits per heavy atom. The van der Waals surface area contributed by atoms with Crippen molar-refractivity contribution >= 4 is 5.69 Å². The Balaban J connectivity index is 1.77. The molecule has 3 nitrogen and oxygen atoms in total. The van der Waals surface area contributed by atoms with E-state index < -0.39 is 0 Å². The third-order valence-electron chi connectivity index (χ3n) is 6.09. The van der Waals surface area contributed by atoms with Crippen LogP contribution in [0.25, 0.3) is 0 Å². The summed E-state index contributed by atoms with van der Waals surface area (Å²) in [6.45, 7) is 2.92. The van der Waals surface area contributed by atoms with E-state index in [-0.39, 0.29) is 11.7 Å². The number of benzene rings is 2. The van der Waals surface area contributed by atoms with Crippen molar-refractivity contribution in [1.82, 2.24) is 0 Å². The molecule has 0 saturated carbocycles. The standard InChI is InChI=1S/C22H27NO2/c1-15-6-4-7-16-10-12-22(20(15)16)13-11-17-8-5-9-18(21(17)22)23-14-19(24-2)25-3/h4-9,19,23H,10-14H2,1-3H3/t22-/m1/s1. The molecule has 1 atom stereocenters. The van der Waals surface area contributed by atoms with Crippen LogP contribution in [0.15, 0.2) is 36.4 Å². The van der Waals surface area contributed by atoms with E-state index in [0.717, 1.165) is 6.42 Å². The minimum atomic E-state index is -0.231. The van der Waals surface area contributed by atoms with Crippen LogP contribution in [0.3, 0.4) is 0 Å². The Bertz CT molecular complexity index is 778. The Kier molecular flexibility index (Phi) is 4.30. The van der Waals surface area contributed by atoms with Gasteiger partial charge >= 0.3 is 0 Å². The highest BCUT2D eigenvalue weighted by atomic mass is 16.7. The number of hydrogen-bond acceptors (Lipinski definition) is 3. The normalized spacial score (nSPS) is 21.0. The van der Waals surface area contributed by atoms with E-state index in [1.807, 2.05) is 0 Å². The monoisotopic (exact) mass is 337 g/mol. The molecule has 0 fully saturated rings. The second kappa shape index (κ2) is 6.47. The lowest BCUT2D eigenvalue weighted by Gasteiger charge is -2.31. The summed E-state index contributed by atoms with van der Waals surface area (Å²) in [6, 6.07) is 13.5. The minimum Gasteiger partial charge on any atom is -0.380 e. The summed E-state index contributed by atoms with van der Waals surface area (Å²) in [7, 11) is 3.37. The molecule has 3 heteroatoms. The summed E-state index contributed by atoms with van der Waals surface area (Å²) in [5.41, 5.74) is 8.97. The van der Waals surface area contributed by atoms with Gasteiger partial charge in [0.05, 0.1) is 6.54 Å². The number of rotatable bonds is 5. The third kappa shape index (κ3) is 2.57. The van der Waals surface area contributed by atoms with Crippen LogP contribution in [0.5, 0.6) is 0 Å². The van der Waals surface area contributed by atoms with Crippen LogP contribution in [0.4, 0.5) is 5.69 Å². The summed E-state index contributed by atoms with van der Waals surface area (Å²) in [6.07, 6.45) is 4.55. The van der Waals surface area contributed by atoms with E-state index in [4.69, 9.17) is 9.47 Å². The van der Waals surface area contributed by atoms with E-state index in [2.05, 4.69) is 48.6 Å². The van der Waals surface area contributed by atoms with Gasteiger partial charge in [-0.05, 0) is 66.5 Å². The van der Waals surface area contributed by atoms with Crippen LogP contribution in [-0.4, -0.2) is 27.1 Å². The van der Waals surface area contributed by atoms with Crippen LogP contribution < -0.4 is 5.32 Å². The van der Waals surface area contributed by atoms with Crippen molar-refractivity contribution in [3.05, 3.63) is 64.2 Å². The molecule has 0 heterocycles. The fourth-order valence-electron chi connectivity index (χ4n) is 5.04. The fraction of sp³-hybridized carbons (Fsp3) is 0.455. The molecule has 25 heavy (non-hydrogen) atoms. The van der Waals surface area contributed by atoms with Gasteiger partial charge in [-0.25, -0.2) is 0 Å². The summed E-state index contributed by atoms with van der Waals surface area (Å²) in [5, 5.41) is 3.60. The van der Waals surface area contributed by atoms with Gasteiger partial charge in [0.2, 0.25) is 0 Å². The number of methoxy groups -OCH3 is 2. The number of anilines is 1. The van der Waals surface area contributed by atoms with Crippen molar-refractivity contribution in [1.29, 1.82) is 0 Å². The van der Waals surface area contributed by atoms with E-state index in [9.17, 15) is 0 Å². The van der Waals surface area contributed by atoms with Gasteiger partial charge in [0.25, 0.3) is 0 Å². The number of hydrogen-bond donors (Lipinski definition) is 1. The van der Waals surface area contributed by atoms with E-state index in [0.29, 0.717) is 6.54 Å². The largest absolute Gasteiger partial charge is 0.380 e. The zero-order valence-corrected chi connectivity index (χ0v) is 15.4. The van der Waals surface area contributed by atoms with Crippen LogP contribution in [0.2, 0.25) is 0 Å². The molecule has 0 unspecified atom stereocenters. The molecule has 0 aliphatic heterocycles. The zero-order valence-electron chi connectivity index (χ0n) is 15.4. The van der Waals surface area contributed by atoms with Crippen LogP contribution in [0.1, 0.15) is 40.7 Å². The van der Waals surface area contributed by atoms with E-state index in [1.54, 1.807) is 19.8 Å². The molecular weight excluding hydrogens is 310 g/mol. The van der Waals surface area contributed by atoms with Crippen molar-refractivity contribution in [3.8, 4) is 0 Å². The predicted molar refractivity (Wildman–Crippen MR) is 101 cm³/mol. The smallest absolute Gasteiger partial charge is 0.173 e. The lowest BCUT2D eigenvalue weighted by atomic mass is 9.74. The molecule has 1 spiro atoms. The van der Waals surface area contributed by atoms with Gasteiger partial charge in [-0.3, -0.25) is 0 Å². The van der Waals surface area contributed by atoms with Gasteiger partial charge < -0.3 is 14.8 Å². The van der Waals surface area contributed by atoms with E-state index in [1.165, 1.54) is 47.2 Å². The minimum absolute atomic E-state index is 0.176. The van der Waals surface area contributed by atoms with Crippen LogP contribution in [-0.2, 0) is 27.7 Å². The van der Waals surface area contributed by atoms with Gasteiger partial charge in [0.1, 0.15) is 0 Å². The third-order valence-corrected chi connectivity index (χ3v) is 6.09. The maximum atomic E-state index is 5.35. The number of nitrogens with one attached hydrogen (secondary N) is 1. The highest BCUT2D eigenvalue weighted by Crippen LogP contribution is 2.55. The first-order valence-electron chi connectivity index (χ1n) is 9.20. The first-order chi connectivity index (χ1) is 12.2. The molecule has 2 aliphatic carbocycles. The zero-order chi connectivity index (χ0) is 17.4. The molecule has 2 aromatic carbocycles. The topological polar surface area (TPSA) is 30.5 Å². The Morgan fingerprint density at radius 2 is 1.60 bits per heavy atom. The molecule has 0 radical (unpaired) electrons. The SMILES string of the molecule is COC(CNc1cccc2c1[C@]1(CCc3cccc(C)c31)CC2)OC. The maximum Gasteiger partial charge on any atom is 0.173 e. The molecular formula is C22H27NO2. The molecule has 4 rings (SSSR count). The molecule has 0 amide bonds. The van der Waals surface area contributed by atoms with Gasteiger partial charge in [0, 0.05) is 25.3 Å². The summed E-state index contributed by atoms with van der Waals surface area (Å²) in [5.74, 6) is 0. The highest BCUT2D eigenvalue weighted by Gasteiger charge is 2.46. The van der Waals surface area contributed by atoms with Crippen LogP contribution in [0, 0.1) is 6.92 Å². The van der Waals surface area contributed by atoms with Gasteiger partial charge in [-0.1, -0.05) is 30.3 Å². The second-order valence-electron chi connectivity index (χ2n) is 7.31. The van der Waals surface area contributed by atoms with Crippen LogP contribution >= 0.6 is 0 Å². The Morgan fingerprint density at radius 3 is 2.28 bits per heavy atom. The summed E-state index contributed by atoms with van der Waals surface area (Å²) < 4.78 is 10.7. The Labute approximate surface area is 150 Å². The average molecular weight is 337 g/mol. The fourth-order valence-corrected chi connectivity index (χ4v) is 5.04. The summed E-state index contributed by atoms with van der Waals surface area (Å²) in [4.78, 5) is 0. The van der Waals surface area contributed by atoms with Crippen molar-refractivity contribution in [2.75, 3.05) is 26.1 Å². The lowest BCUT2D eigenvalue weighted by molar-refractivity contribution is -0.0914.